The Morgan fingerprint density at radius 3 is 2.05 bits per heavy atom. The van der Waals surface area contributed by atoms with Gasteiger partial charge < -0.3 is 0 Å². The lowest BCUT2D eigenvalue weighted by molar-refractivity contribution is 0.120. The molecule has 19 heavy (non-hydrogen) atoms. The zero-order chi connectivity index (χ0) is 15.1. The lowest BCUT2D eigenvalue weighted by Crippen LogP contribution is -2.37. The van der Waals surface area contributed by atoms with Gasteiger partial charge in [-0.15, -0.1) is 0 Å². The van der Waals surface area contributed by atoms with Crippen LogP contribution in [-0.2, 0) is 0 Å². The van der Waals surface area contributed by atoms with Crippen molar-refractivity contribution in [1.82, 2.24) is 0 Å². The van der Waals surface area contributed by atoms with Gasteiger partial charge in [0.05, 0.1) is 18.6 Å². The average molecular weight is 268 g/mol. The molecule has 112 valence electrons. The Morgan fingerprint density at radius 2 is 1.63 bits per heavy atom. The van der Waals surface area contributed by atoms with Gasteiger partial charge in [0.15, 0.2) is 0 Å². The Hall–Kier alpha value is -0.800. The monoisotopic (exact) mass is 268 g/mol. The first-order chi connectivity index (χ1) is 8.73. The van der Waals surface area contributed by atoms with Crippen LogP contribution in [0.5, 0.6) is 0 Å². The minimum Gasteiger partial charge on any atom is -0.210 e. The Labute approximate surface area is 119 Å². The average Bonchev–Trinajstić information content (AvgIpc) is 2.37. The molecule has 0 saturated carbocycles. The van der Waals surface area contributed by atoms with Gasteiger partial charge in [0, 0.05) is 0 Å². The summed E-state index contributed by atoms with van der Waals surface area (Å²) in [5.41, 5.74) is 7.43. The second kappa shape index (κ2) is 7.71. The molecule has 0 amide bonds. The Morgan fingerprint density at radius 1 is 1.05 bits per heavy atom. The van der Waals surface area contributed by atoms with Crippen molar-refractivity contribution in [3.8, 4) is 0 Å². The molecule has 0 aromatic carbocycles. The Kier molecular flexibility index (Phi) is 7.38. The van der Waals surface area contributed by atoms with E-state index in [1.165, 1.54) is 0 Å². The molecule has 0 rings (SSSR count). The van der Waals surface area contributed by atoms with E-state index in [9.17, 15) is 0 Å². The van der Waals surface area contributed by atoms with Crippen molar-refractivity contribution in [2.75, 3.05) is 6.54 Å². The molecular weight excluding hydrogens is 236 g/mol. The molecule has 0 aliphatic carbocycles. The fourth-order valence-corrected chi connectivity index (χ4v) is 2.35. The molecule has 0 fully saturated rings. The second-order valence-electron chi connectivity index (χ2n) is 6.63. The first kappa shape index (κ1) is 18.2. The van der Waals surface area contributed by atoms with Gasteiger partial charge in [0.1, 0.15) is 0 Å². The van der Waals surface area contributed by atoms with Crippen LogP contribution in [0.15, 0.2) is 15.3 Å². The van der Waals surface area contributed by atoms with Crippen LogP contribution in [-0.4, -0.2) is 18.6 Å². The molecule has 4 heteroatoms. The van der Waals surface area contributed by atoms with Gasteiger partial charge in [-0.2, -0.15) is 15.3 Å². The summed E-state index contributed by atoms with van der Waals surface area (Å²) < 4.78 is 0. The maximum atomic E-state index is 7.30. The van der Waals surface area contributed by atoms with Crippen LogP contribution in [0.3, 0.4) is 0 Å². The maximum Gasteiger partial charge on any atom is 0.0731 e. The van der Waals surface area contributed by atoms with Crippen molar-refractivity contribution < 1.29 is 0 Å². The summed E-state index contributed by atoms with van der Waals surface area (Å²) in [6.45, 7) is 16.0. The van der Waals surface area contributed by atoms with Crippen molar-refractivity contribution in [2.24, 2.45) is 26.2 Å². The van der Waals surface area contributed by atoms with Gasteiger partial charge in [-0.05, 0) is 43.9 Å². The number of azo groups is 1. The minimum atomic E-state index is 0.0524. The van der Waals surface area contributed by atoms with Gasteiger partial charge >= 0.3 is 0 Å². The quantitative estimate of drug-likeness (QED) is 0.537. The van der Waals surface area contributed by atoms with Gasteiger partial charge in [0.2, 0.25) is 0 Å². The van der Waals surface area contributed by atoms with E-state index >= 15 is 0 Å². The summed E-state index contributed by atoms with van der Waals surface area (Å²) in [5, 5.41) is 12.4. The van der Waals surface area contributed by atoms with Crippen molar-refractivity contribution in [3.05, 3.63) is 0 Å². The molecule has 0 aliphatic rings. The zero-order valence-electron chi connectivity index (χ0n) is 13.8. The van der Waals surface area contributed by atoms with E-state index in [-0.39, 0.29) is 22.9 Å². The van der Waals surface area contributed by atoms with Crippen molar-refractivity contribution in [2.45, 2.75) is 79.8 Å². The summed E-state index contributed by atoms with van der Waals surface area (Å²) >= 11 is 0. The summed E-state index contributed by atoms with van der Waals surface area (Å²) in [5.74, 6) is 0. The molecule has 0 aromatic rings. The van der Waals surface area contributed by atoms with Crippen molar-refractivity contribution in [3.63, 3.8) is 0 Å². The van der Waals surface area contributed by atoms with E-state index in [4.69, 9.17) is 5.53 Å². The standard InChI is InChI=1S/C15H32N4/c1-8-10-17-19-12(3)14(5,6)11-15(7,9-2)13(4)18-16/h12-13,16H,8-11H2,1-7H3. The molecule has 0 bridgehead atoms. The molecule has 0 saturated heterocycles. The molecule has 1 N–H and O–H groups in total. The largest absolute Gasteiger partial charge is 0.210 e. The second-order valence-corrected chi connectivity index (χ2v) is 6.63. The molecule has 0 aromatic heterocycles. The predicted octanol–water partition coefficient (Wildman–Crippen LogP) is 5.49. The highest BCUT2D eigenvalue weighted by molar-refractivity contribution is 4.91. The minimum absolute atomic E-state index is 0.0524. The number of nitrogens with one attached hydrogen (secondary N) is 1. The molecule has 3 unspecified atom stereocenters. The maximum absolute atomic E-state index is 7.30. The predicted molar refractivity (Wildman–Crippen MR) is 80.9 cm³/mol. The fraction of sp³-hybridized carbons (Fsp3) is 1.00. The van der Waals surface area contributed by atoms with Gasteiger partial charge in [-0.3, -0.25) is 0 Å². The summed E-state index contributed by atoms with van der Waals surface area (Å²) in [6, 6.07) is 0.249. The molecular formula is C15H32N4. The molecule has 0 spiro atoms. The van der Waals surface area contributed by atoms with E-state index in [1.807, 2.05) is 6.92 Å². The highest BCUT2D eigenvalue weighted by Gasteiger charge is 2.38. The normalized spacial score (nSPS) is 19.1. The topological polar surface area (TPSA) is 60.9 Å². The van der Waals surface area contributed by atoms with Crippen molar-refractivity contribution in [1.29, 1.82) is 5.53 Å². The lowest BCUT2D eigenvalue weighted by Gasteiger charge is -2.40. The fourth-order valence-electron chi connectivity index (χ4n) is 2.35. The Balaban J connectivity index is 4.85. The van der Waals surface area contributed by atoms with E-state index in [1.54, 1.807) is 0 Å². The highest BCUT2D eigenvalue weighted by Crippen LogP contribution is 2.42. The SMILES string of the molecule is CCCN=NC(C)C(C)(C)CC(C)(CC)C(C)N=N. The summed E-state index contributed by atoms with van der Waals surface area (Å²) in [4.78, 5) is 0. The van der Waals surface area contributed by atoms with Crippen LogP contribution >= 0.6 is 0 Å². The molecule has 0 heterocycles. The first-order valence-electron chi connectivity index (χ1n) is 7.46. The molecule has 4 nitrogen and oxygen atoms in total. The smallest absolute Gasteiger partial charge is 0.0731 e. The van der Waals surface area contributed by atoms with Crippen LogP contribution in [0.2, 0.25) is 0 Å². The number of nitrogens with zero attached hydrogens (tertiary/aromatic N) is 3. The van der Waals surface area contributed by atoms with Crippen molar-refractivity contribution >= 4 is 0 Å². The number of hydrogen-bond donors (Lipinski definition) is 1. The van der Waals surface area contributed by atoms with E-state index in [0.29, 0.717) is 0 Å². The highest BCUT2D eigenvalue weighted by atomic mass is 15.1. The Bertz CT molecular complexity index is 299. The number of hydrogen-bond acceptors (Lipinski definition) is 4. The van der Waals surface area contributed by atoms with E-state index in [2.05, 4.69) is 56.9 Å². The molecule has 0 radical (unpaired) electrons. The lowest BCUT2D eigenvalue weighted by atomic mass is 9.67. The van der Waals surface area contributed by atoms with Gasteiger partial charge in [-0.25, -0.2) is 5.53 Å². The summed E-state index contributed by atoms with van der Waals surface area (Å²) in [6.07, 6.45) is 3.07. The van der Waals surface area contributed by atoms with E-state index < -0.39 is 0 Å². The first-order valence-corrected chi connectivity index (χ1v) is 7.46. The molecule has 3 atom stereocenters. The zero-order valence-corrected chi connectivity index (χ0v) is 13.8. The van der Waals surface area contributed by atoms with Gasteiger partial charge in [0.25, 0.3) is 0 Å². The van der Waals surface area contributed by atoms with Crippen LogP contribution in [0, 0.1) is 16.4 Å². The van der Waals surface area contributed by atoms with Crippen LogP contribution in [0.1, 0.15) is 67.7 Å². The number of rotatable bonds is 9. The van der Waals surface area contributed by atoms with Gasteiger partial charge in [-0.1, -0.05) is 34.6 Å². The van der Waals surface area contributed by atoms with Crippen LogP contribution < -0.4 is 0 Å². The van der Waals surface area contributed by atoms with E-state index in [0.717, 1.165) is 25.8 Å². The third kappa shape index (κ3) is 5.37. The van der Waals surface area contributed by atoms with Crippen LogP contribution in [0.25, 0.3) is 0 Å². The molecule has 0 aliphatic heterocycles. The third-order valence-electron chi connectivity index (χ3n) is 4.58. The summed E-state index contributed by atoms with van der Waals surface area (Å²) in [7, 11) is 0. The third-order valence-corrected chi connectivity index (χ3v) is 4.58. The van der Waals surface area contributed by atoms with Crippen LogP contribution in [0.4, 0.5) is 0 Å².